The molecule has 2 atom stereocenters. The van der Waals surface area contributed by atoms with Gasteiger partial charge in [-0.05, 0) is 39.5 Å². The van der Waals surface area contributed by atoms with Crippen LogP contribution in [0.2, 0.25) is 0 Å². The van der Waals surface area contributed by atoms with Gasteiger partial charge < -0.3 is 19.8 Å². The van der Waals surface area contributed by atoms with Gasteiger partial charge in [-0.15, -0.1) is 0 Å². The topological polar surface area (TPSA) is 142 Å². The molecule has 10 heteroatoms. The number of allylic oxidation sites excluding steroid dienone is 2. The maximum atomic E-state index is 12.8. The standard InChI is InChI=1S/C19H26N2O8/c1-18(2)14(24)21(17(28)20(18)3)10-19(15(25)26,16(27)29-4)12(13(22)23)9-11-7-5-6-8-11/h7,12H,5-6,8-10H2,1-4H3,(H,22,23)(H,25,26)/t12-,19+/m0/s1. The minimum atomic E-state index is -2.64. The highest BCUT2D eigenvalue weighted by molar-refractivity contribution is 6.09. The summed E-state index contributed by atoms with van der Waals surface area (Å²) in [6.07, 6.45) is 3.77. The van der Waals surface area contributed by atoms with Crippen molar-refractivity contribution in [1.82, 2.24) is 9.80 Å². The van der Waals surface area contributed by atoms with E-state index >= 15 is 0 Å². The van der Waals surface area contributed by atoms with E-state index < -0.39 is 53.3 Å². The lowest BCUT2D eigenvalue weighted by molar-refractivity contribution is -0.179. The number of amides is 3. The molecule has 0 aromatic carbocycles. The summed E-state index contributed by atoms with van der Waals surface area (Å²) >= 11 is 0. The third-order valence-corrected chi connectivity index (χ3v) is 5.96. The molecule has 0 aromatic heterocycles. The summed E-state index contributed by atoms with van der Waals surface area (Å²) in [4.78, 5) is 64.2. The number of carbonyl (C=O) groups is 5. The molecule has 2 N–H and O–H groups in total. The number of aliphatic carboxylic acids is 2. The van der Waals surface area contributed by atoms with Gasteiger partial charge in [-0.2, -0.15) is 0 Å². The first kappa shape index (κ1) is 22.4. The van der Waals surface area contributed by atoms with Crippen LogP contribution in [-0.2, 0) is 23.9 Å². The predicted octanol–water partition coefficient (Wildman–Crippen LogP) is 1.10. The Morgan fingerprint density at radius 3 is 2.28 bits per heavy atom. The second-order valence-electron chi connectivity index (χ2n) is 7.91. The molecule has 1 aliphatic heterocycles. The zero-order chi connectivity index (χ0) is 22.1. The Kier molecular flexibility index (Phi) is 6.05. The highest BCUT2D eigenvalue weighted by atomic mass is 16.5. The molecule has 0 saturated carbocycles. The van der Waals surface area contributed by atoms with E-state index in [2.05, 4.69) is 4.74 Å². The SMILES string of the molecule is COC(=O)[C@@](CN1C(=O)N(C)C(C)(C)C1=O)(C(=O)O)[C@@H](CC1=CCCC1)C(=O)O. The fourth-order valence-corrected chi connectivity index (χ4v) is 3.83. The molecular formula is C19H26N2O8. The molecule has 0 spiro atoms. The van der Waals surface area contributed by atoms with Crippen molar-refractivity contribution in [3.05, 3.63) is 11.6 Å². The van der Waals surface area contributed by atoms with Gasteiger partial charge >= 0.3 is 23.9 Å². The number of urea groups is 1. The number of esters is 1. The Balaban J connectivity index is 2.57. The highest BCUT2D eigenvalue weighted by Gasteiger charge is 2.61. The number of hydrogen-bond acceptors (Lipinski definition) is 6. The second kappa shape index (κ2) is 7.84. The van der Waals surface area contributed by atoms with E-state index in [4.69, 9.17) is 0 Å². The van der Waals surface area contributed by atoms with Crippen LogP contribution in [0.15, 0.2) is 11.6 Å². The Morgan fingerprint density at radius 1 is 1.28 bits per heavy atom. The molecule has 1 aliphatic carbocycles. The van der Waals surface area contributed by atoms with Crippen LogP contribution in [0.25, 0.3) is 0 Å². The zero-order valence-corrected chi connectivity index (χ0v) is 16.9. The minimum absolute atomic E-state index is 0.188. The monoisotopic (exact) mass is 410 g/mol. The lowest BCUT2D eigenvalue weighted by Gasteiger charge is -2.34. The maximum Gasteiger partial charge on any atom is 0.327 e. The fraction of sp³-hybridized carbons (Fsp3) is 0.632. The van der Waals surface area contributed by atoms with Gasteiger partial charge in [0.15, 0.2) is 5.41 Å². The zero-order valence-electron chi connectivity index (χ0n) is 16.9. The Hall–Kier alpha value is -2.91. The molecule has 2 aliphatic rings. The molecule has 3 amide bonds. The van der Waals surface area contributed by atoms with Gasteiger partial charge in [-0.3, -0.25) is 24.1 Å². The lowest BCUT2D eigenvalue weighted by Crippen LogP contribution is -2.57. The van der Waals surface area contributed by atoms with Crippen molar-refractivity contribution in [2.75, 3.05) is 20.7 Å². The van der Waals surface area contributed by atoms with E-state index in [9.17, 15) is 34.2 Å². The van der Waals surface area contributed by atoms with Crippen LogP contribution < -0.4 is 0 Å². The van der Waals surface area contributed by atoms with Crippen LogP contribution in [0.3, 0.4) is 0 Å². The summed E-state index contributed by atoms with van der Waals surface area (Å²) < 4.78 is 4.67. The van der Waals surface area contributed by atoms with E-state index in [0.717, 1.165) is 30.4 Å². The van der Waals surface area contributed by atoms with Crippen LogP contribution >= 0.6 is 0 Å². The first-order valence-electron chi connectivity index (χ1n) is 9.23. The van der Waals surface area contributed by atoms with Crippen molar-refractivity contribution in [1.29, 1.82) is 0 Å². The summed E-state index contributed by atoms with van der Waals surface area (Å²) in [6.45, 7) is 2.03. The minimum Gasteiger partial charge on any atom is -0.481 e. The smallest absolute Gasteiger partial charge is 0.327 e. The number of methoxy groups -OCH3 is 1. The van der Waals surface area contributed by atoms with Gasteiger partial charge in [-0.25, -0.2) is 4.79 Å². The Bertz CT molecular complexity index is 787. The summed E-state index contributed by atoms with van der Waals surface area (Å²) in [5, 5.41) is 19.8. The van der Waals surface area contributed by atoms with E-state index in [0.29, 0.717) is 11.3 Å². The van der Waals surface area contributed by atoms with Gasteiger partial charge in [0.05, 0.1) is 19.6 Å². The molecule has 0 aromatic rings. The number of ether oxygens (including phenoxy) is 1. The first-order chi connectivity index (χ1) is 13.4. The fourth-order valence-electron chi connectivity index (χ4n) is 3.83. The van der Waals surface area contributed by atoms with Gasteiger partial charge in [0.25, 0.3) is 5.91 Å². The van der Waals surface area contributed by atoms with Crippen LogP contribution in [-0.4, -0.2) is 76.1 Å². The molecule has 0 bridgehead atoms. The molecule has 1 heterocycles. The molecule has 1 saturated heterocycles. The molecule has 29 heavy (non-hydrogen) atoms. The maximum absolute atomic E-state index is 12.8. The van der Waals surface area contributed by atoms with Crippen LogP contribution in [0.5, 0.6) is 0 Å². The third-order valence-electron chi connectivity index (χ3n) is 5.96. The van der Waals surface area contributed by atoms with Gasteiger partial charge in [0.1, 0.15) is 5.54 Å². The van der Waals surface area contributed by atoms with Crippen molar-refractivity contribution in [2.24, 2.45) is 11.3 Å². The van der Waals surface area contributed by atoms with E-state index in [-0.39, 0.29) is 6.42 Å². The number of carboxylic acid groups (broad SMARTS) is 2. The third kappa shape index (κ3) is 3.58. The van der Waals surface area contributed by atoms with E-state index in [1.165, 1.54) is 20.9 Å². The number of rotatable bonds is 8. The van der Waals surface area contributed by atoms with Crippen molar-refractivity contribution >= 4 is 29.8 Å². The molecule has 10 nitrogen and oxygen atoms in total. The van der Waals surface area contributed by atoms with Crippen molar-refractivity contribution in [2.45, 2.75) is 45.1 Å². The van der Waals surface area contributed by atoms with E-state index in [1.54, 1.807) is 0 Å². The predicted molar refractivity (Wildman–Crippen MR) is 98.7 cm³/mol. The lowest BCUT2D eigenvalue weighted by atomic mass is 9.71. The highest BCUT2D eigenvalue weighted by Crippen LogP contribution is 2.40. The number of nitrogens with zero attached hydrogens (tertiary/aromatic N) is 2. The number of carboxylic acids is 2. The number of likely N-dealkylation sites (N-methyl/N-ethyl adjacent to an activating group) is 1. The number of hydrogen-bond donors (Lipinski definition) is 2. The largest absolute Gasteiger partial charge is 0.481 e. The van der Waals surface area contributed by atoms with Crippen molar-refractivity contribution in [3.63, 3.8) is 0 Å². The number of imide groups is 1. The van der Waals surface area contributed by atoms with Crippen molar-refractivity contribution < 1.29 is 38.9 Å². The summed E-state index contributed by atoms with van der Waals surface area (Å²) in [5.74, 6) is -7.03. The van der Waals surface area contributed by atoms with E-state index in [1.807, 2.05) is 6.08 Å². The second-order valence-corrected chi connectivity index (χ2v) is 7.91. The Morgan fingerprint density at radius 2 is 1.90 bits per heavy atom. The molecule has 0 unspecified atom stereocenters. The molecule has 160 valence electrons. The van der Waals surface area contributed by atoms with Gasteiger partial charge in [0, 0.05) is 7.05 Å². The molecule has 2 rings (SSSR count). The molecule has 1 fully saturated rings. The van der Waals surface area contributed by atoms with Crippen LogP contribution in [0.4, 0.5) is 4.79 Å². The van der Waals surface area contributed by atoms with Gasteiger partial charge in [-0.1, -0.05) is 11.6 Å². The summed E-state index contributed by atoms with van der Waals surface area (Å²) in [7, 11) is 2.32. The normalized spacial score (nSPS) is 21.6. The van der Waals surface area contributed by atoms with Crippen LogP contribution in [0, 0.1) is 11.3 Å². The average Bonchev–Trinajstić information content (AvgIpc) is 3.22. The van der Waals surface area contributed by atoms with Crippen LogP contribution in [0.1, 0.15) is 39.5 Å². The summed E-state index contributed by atoms with van der Waals surface area (Å²) in [5.41, 5.74) is -3.18. The Labute approximate surface area is 168 Å². The van der Waals surface area contributed by atoms with Crippen molar-refractivity contribution in [3.8, 4) is 0 Å². The van der Waals surface area contributed by atoms with Gasteiger partial charge in [0.2, 0.25) is 0 Å². The summed E-state index contributed by atoms with van der Waals surface area (Å²) in [6, 6.07) is -0.807. The first-order valence-corrected chi connectivity index (χ1v) is 9.23. The number of carbonyl (C=O) groups excluding carboxylic acids is 3. The molecule has 0 radical (unpaired) electrons. The average molecular weight is 410 g/mol. The quantitative estimate of drug-likeness (QED) is 0.262. The molecular weight excluding hydrogens is 384 g/mol.